The largest absolute Gasteiger partial charge is 0.522 e. The van der Waals surface area contributed by atoms with Crippen LogP contribution in [0.5, 0.6) is 0 Å². The highest BCUT2D eigenvalue weighted by Gasteiger charge is 2.28. The van der Waals surface area contributed by atoms with E-state index in [2.05, 4.69) is 10.1 Å². The Kier molecular flexibility index (Phi) is 6.97. The van der Waals surface area contributed by atoms with Gasteiger partial charge >= 0.3 is 12.3 Å². The van der Waals surface area contributed by atoms with Gasteiger partial charge in [-0.3, -0.25) is 9.53 Å². The molecule has 0 aliphatic rings. The van der Waals surface area contributed by atoms with E-state index in [0.29, 0.717) is 0 Å². The molecule has 1 atom stereocenters. The maximum absolute atomic E-state index is 11.6. The zero-order chi connectivity index (χ0) is 13.5. The molecule has 0 aromatic rings. The molecule has 17 heavy (non-hydrogen) atoms. The van der Waals surface area contributed by atoms with Crippen LogP contribution in [0.2, 0.25) is 0 Å². The van der Waals surface area contributed by atoms with Crippen molar-refractivity contribution in [2.24, 2.45) is 0 Å². The van der Waals surface area contributed by atoms with E-state index in [-0.39, 0.29) is 11.5 Å². The van der Waals surface area contributed by atoms with Crippen molar-refractivity contribution in [1.29, 1.82) is 0 Å². The minimum Gasteiger partial charge on any atom is -0.480 e. The lowest BCUT2D eigenvalue weighted by Crippen LogP contribution is -2.41. The zero-order valence-corrected chi connectivity index (χ0v) is 9.73. The van der Waals surface area contributed by atoms with Crippen molar-refractivity contribution >= 4 is 23.6 Å². The SMILES string of the molecule is CC(=O)N[C@@H](CSCCOC(F)(F)F)C(=O)O. The van der Waals surface area contributed by atoms with Crippen molar-refractivity contribution in [1.82, 2.24) is 5.32 Å². The zero-order valence-electron chi connectivity index (χ0n) is 8.91. The molecule has 0 aromatic carbocycles. The average Bonchev–Trinajstić information content (AvgIpc) is 2.12. The Morgan fingerprint density at radius 1 is 1.47 bits per heavy atom. The Morgan fingerprint density at radius 3 is 2.47 bits per heavy atom. The molecule has 0 aromatic heterocycles. The second-order valence-corrected chi connectivity index (χ2v) is 4.11. The first-order valence-electron chi connectivity index (χ1n) is 4.50. The molecule has 0 spiro atoms. The van der Waals surface area contributed by atoms with Gasteiger partial charge in [0.1, 0.15) is 6.04 Å². The van der Waals surface area contributed by atoms with E-state index in [1.165, 1.54) is 0 Å². The Labute approximate surface area is 99.7 Å². The van der Waals surface area contributed by atoms with Crippen LogP contribution in [0, 0.1) is 0 Å². The number of carbonyl (C=O) groups is 2. The first-order valence-corrected chi connectivity index (χ1v) is 5.66. The van der Waals surface area contributed by atoms with Crippen LogP contribution in [-0.2, 0) is 14.3 Å². The fourth-order valence-corrected chi connectivity index (χ4v) is 1.67. The molecule has 100 valence electrons. The number of ether oxygens (including phenoxy) is 1. The standard InChI is InChI=1S/C8H12F3NO4S/c1-5(13)12-6(7(14)15)4-17-3-2-16-8(9,10)11/h6H,2-4H2,1H3,(H,12,13)(H,14,15)/t6-/m0/s1. The van der Waals surface area contributed by atoms with E-state index < -0.39 is 30.9 Å². The topological polar surface area (TPSA) is 75.6 Å². The first-order chi connectivity index (χ1) is 7.72. The van der Waals surface area contributed by atoms with Gasteiger partial charge in [0.25, 0.3) is 0 Å². The summed E-state index contributed by atoms with van der Waals surface area (Å²) < 4.78 is 38.2. The Balaban J connectivity index is 3.76. The number of amides is 1. The third kappa shape index (κ3) is 9.94. The molecule has 0 aliphatic carbocycles. The van der Waals surface area contributed by atoms with E-state index in [9.17, 15) is 22.8 Å². The number of hydrogen-bond donors (Lipinski definition) is 2. The number of carbonyl (C=O) groups excluding carboxylic acids is 1. The lowest BCUT2D eigenvalue weighted by atomic mass is 10.3. The molecule has 0 unspecified atom stereocenters. The predicted molar refractivity (Wildman–Crippen MR) is 54.6 cm³/mol. The smallest absolute Gasteiger partial charge is 0.480 e. The van der Waals surface area contributed by atoms with E-state index in [0.717, 1.165) is 18.7 Å². The van der Waals surface area contributed by atoms with Crippen LogP contribution in [0.15, 0.2) is 0 Å². The van der Waals surface area contributed by atoms with Crippen molar-refractivity contribution in [3.63, 3.8) is 0 Å². The van der Waals surface area contributed by atoms with Gasteiger partial charge in [0.05, 0.1) is 6.61 Å². The predicted octanol–water partition coefficient (Wildman–Crippen LogP) is 0.845. The fourth-order valence-electron chi connectivity index (χ4n) is 0.838. The molecule has 0 radical (unpaired) electrons. The van der Waals surface area contributed by atoms with Gasteiger partial charge in [0, 0.05) is 18.4 Å². The van der Waals surface area contributed by atoms with Crippen LogP contribution in [0.1, 0.15) is 6.92 Å². The molecule has 0 fully saturated rings. The highest BCUT2D eigenvalue weighted by Crippen LogP contribution is 2.16. The Hall–Kier alpha value is -0.960. The maximum Gasteiger partial charge on any atom is 0.522 e. The monoisotopic (exact) mass is 275 g/mol. The van der Waals surface area contributed by atoms with Crippen LogP contribution < -0.4 is 5.32 Å². The van der Waals surface area contributed by atoms with Crippen molar-refractivity contribution in [3.05, 3.63) is 0 Å². The highest BCUT2D eigenvalue weighted by molar-refractivity contribution is 7.99. The highest BCUT2D eigenvalue weighted by atomic mass is 32.2. The number of thioether (sulfide) groups is 1. The van der Waals surface area contributed by atoms with Gasteiger partial charge in [-0.1, -0.05) is 0 Å². The molecule has 1 amide bonds. The lowest BCUT2D eigenvalue weighted by molar-refractivity contribution is -0.322. The van der Waals surface area contributed by atoms with Crippen molar-refractivity contribution in [2.45, 2.75) is 19.3 Å². The summed E-state index contributed by atoms with van der Waals surface area (Å²) >= 11 is 0.952. The quantitative estimate of drug-likeness (QED) is 0.674. The number of hydrogen-bond acceptors (Lipinski definition) is 4. The third-order valence-electron chi connectivity index (χ3n) is 1.45. The summed E-state index contributed by atoms with van der Waals surface area (Å²) in [5, 5.41) is 10.8. The number of nitrogens with one attached hydrogen (secondary N) is 1. The van der Waals surface area contributed by atoms with E-state index in [1.54, 1.807) is 0 Å². The average molecular weight is 275 g/mol. The van der Waals surface area contributed by atoms with Gasteiger partial charge in [-0.05, 0) is 0 Å². The molecule has 9 heteroatoms. The van der Waals surface area contributed by atoms with E-state index >= 15 is 0 Å². The number of carboxylic acid groups (broad SMARTS) is 1. The number of rotatable bonds is 7. The second-order valence-electron chi connectivity index (χ2n) is 2.96. The van der Waals surface area contributed by atoms with Gasteiger partial charge < -0.3 is 10.4 Å². The van der Waals surface area contributed by atoms with Crippen molar-refractivity contribution < 1.29 is 32.6 Å². The molecule has 0 heterocycles. The lowest BCUT2D eigenvalue weighted by Gasteiger charge is -2.12. The third-order valence-corrected chi connectivity index (χ3v) is 2.48. The van der Waals surface area contributed by atoms with Gasteiger partial charge in [0.2, 0.25) is 5.91 Å². The molecule has 0 saturated carbocycles. The van der Waals surface area contributed by atoms with E-state index in [1.807, 2.05) is 0 Å². The molecule has 5 nitrogen and oxygen atoms in total. The molecule has 0 saturated heterocycles. The summed E-state index contributed by atoms with van der Waals surface area (Å²) in [6, 6.07) is -1.11. The minimum absolute atomic E-state index is 0.0110. The summed E-state index contributed by atoms with van der Waals surface area (Å²) in [6.45, 7) is 0.605. The van der Waals surface area contributed by atoms with Crippen molar-refractivity contribution in [2.75, 3.05) is 18.1 Å². The Bertz CT molecular complexity index is 272. The molecule has 2 N–H and O–H groups in total. The van der Waals surface area contributed by atoms with Gasteiger partial charge in [0.15, 0.2) is 0 Å². The summed E-state index contributed by atoms with van der Waals surface area (Å²) in [5.41, 5.74) is 0. The van der Waals surface area contributed by atoms with Crippen LogP contribution in [0.3, 0.4) is 0 Å². The number of carboxylic acids is 1. The van der Waals surface area contributed by atoms with E-state index in [4.69, 9.17) is 5.11 Å². The van der Waals surface area contributed by atoms with Gasteiger partial charge in [-0.2, -0.15) is 11.8 Å². The summed E-state index contributed by atoms with van der Waals surface area (Å²) in [7, 11) is 0. The minimum atomic E-state index is -4.68. The molecular weight excluding hydrogens is 263 g/mol. The van der Waals surface area contributed by atoms with Crippen molar-refractivity contribution in [3.8, 4) is 0 Å². The summed E-state index contributed by atoms with van der Waals surface area (Å²) in [6.07, 6.45) is -4.68. The normalized spacial score (nSPS) is 13.2. The van der Waals surface area contributed by atoms with Crippen LogP contribution in [0.25, 0.3) is 0 Å². The molecule has 0 aliphatic heterocycles. The van der Waals surface area contributed by atoms with Crippen LogP contribution in [-0.4, -0.2) is 47.5 Å². The van der Waals surface area contributed by atoms with Crippen LogP contribution in [0.4, 0.5) is 13.2 Å². The number of alkyl halides is 3. The number of aliphatic carboxylic acids is 1. The van der Waals surface area contributed by atoms with Gasteiger partial charge in [-0.25, -0.2) is 4.79 Å². The number of halogens is 3. The fraction of sp³-hybridized carbons (Fsp3) is 0.750. The van der Waals surface area contributed by atoms with Gasteiger partial charge in [-0.15, -0.1) is 13.2 Å². The summed E-state index contributed by atoms with van der Waals surface area (Å²) in [4.78, 5) is 21.2. The van der Waals surface area contributed by atoms with Crippen LogP contribution >= 0.6 is 11.8 Å². The molecule has 0 rings (SSSR count). The maximum atomic E-state index is 11.6. The first kappa shape index (κ1) is 16.0. The summed E-state index contributed by atoms with van der Waals surface area (Å²) in [5.74, 6) is -1.77. The Morgan fingerprint density at radius 2 is 2.06 bits per heavy atom. The molecular formula is C8H12F3NO4S. The molecule has 0 bridgehead atoms. The second kappa shape index (κ2) is 7.38.